The zero-order valence-corrected chi connectivity index (χ0v) is 20.2. The second kappa shape index (κ2) is 11.2. The van der Waals surface area contributed by atoms with Crippen LogP contribution in [0.5, 0.6) is 17.4 Å². The summed E-state index contributed by atoms with van der Waals surface area (Å²) in [5, 5.41) is 13.9. The molecule has 5 aromatic rings. The molecule has 3 aromatic carbocycles. The first kappa shape index (κ1) is 24.5. The Kier molecular flexibility index (Phi) is 7.22. The number of aromatic nitrogens is 2. The summed E-state index contributed by atoms with van der Waals surface area (Å²) < 4.78 is 11.8. The number of fused-ring (bicyclic) bond motifs is 1. The fourth-order valence-corrected chi connectivity index (χ4v) is 3.86. The number of amides is 1. The molecule has 2 aromatic heterocycles. The molecule has 0 bridgehead atoms. The number of ether oxygens (including phenoxy) is 2. The van der Waals surface area contributed by atoms with Crippen LogP contribution in [-0.2, 0) is 17.8 Å². The predicted molar refractivity (Wildman–Crippen MR) is 143 cm³/mol. The molecule has 38 heavy (non-hydrogen) atoms. The van der Waals surface area contributed by atoms with Crippen molar-refractivity contribution < 1.29 is 24.2 Å². The first-order valence-corrected chi connectivity index (χ1v) is 11.8. The largest absolute Gasteiger partial charge is 0.489 e. The minimum absolute atomic E-state index is 0.0329. The Hall–Kier alpha value is -5.24. The molecule has 0 atom stereocenters. The monoisotopic (exact) mass is 505 g/mol. The number of hydrogen-bond acceptors (Lipinski definition) is 6. The molecular weight excluding hydrogens is 482 g/mol. The first-order chi connectivity index (χ1) is 18.5. The van der Waals surface area contributed by atoms with Crippen molar-refractivity contribution in [3.63, 3.8) is 0 Å². The highest BCUT2D eigenvalue weighted by Gasteiger charge is 2.12. The van der Waals surface area contributed by atoms with Gasteiger partial charge >= 0.3 is 5.97 Å². The van der Waals surface area contributed by atoms with E-state index in [2.05, 4.69) is 15.3 Å². The van der Waals surface area contributed by atoms with E-state index in [1.165, 1.54) is 6.07 Å². The fraction of sp³-hybridized carbons (Fsp3) is 0.0667. The van der Waals surface area contributed by atoms with E-state index in [0.717, 1.165) is 22.1 Å². The number of carbonyl (C=O) groups is 2. The van der Waals surface area contributed by atoms with Gasteiger partial charge in [0.25, 0.3) is 0 Å². The number of carbonyl (C=O) groups excluding carboxylic acids is 1. The Morgan fingerprint density at radius 2 is 1.58 bits per heavy atom. The first-order valence-electron chi connectivity index (χ1n) is 11.8. The maximum atomic E-state index is 12.4. The van der Waals surface area contributed by atoms with Crippen molar-refractivity contribution in [3.05, 3.63) is 120 Å². The summed E-state index contributed by atoms with van der Waals surface area (Å²) in [5.41, 5.74) is 1.98. The Balaban J connectivity index is 1.21. The summed E-state index contributed by atoms with van der Waals surface area (Å²) in [4.78, 5) is 32.1. The van der Waals surface area contributed by atoms with E-state index in [1.807, 2.05) is 48.5 Å². The number of anilines is 1. The third kappa shape index (κ3) is 6.11. The normalized spacial score (nSPS) is 10.6. The van der Waals surface area contributed by atoms with Crippen LogP contribution in [0.4, 0.5) is 5.69 Å². The molecule has 2 N–H and O–H groups in total. The van der Waals surface area contributed by atoms with Gasteiger partial charge in [-0.05, 0) is 70.4 Å². The number of carboxylic acid groups (broad SMARTS) is 1. The molecule has 0 fully saturated rings. The fourth-order valence-electron chi connectivity index (χ4n) is 3.86. The van der Waals surface area contributed by atoms with Crippen molar-refractivity contribution in [2.24, 2.45) is 0 Å². The van der Waals surface area contributed by atoms with Crippen molar-refractivity contribution in [1.29, 1.82) is 0 Å². The van der Waals surface area contributed by atoms with Crippen LogP contribution in [0.1, 0.15) is 21.5 Å². The number of hydrogen-bond donors (Lipinski definition) is 2. The highest BCUT2D eigenvalue weighted by atomic mass is 16.5. The number of pyridine rings is 2. The second-order valence-corrected chi connectivity index (χ2v) is 8.50. The molecule has 0 spiro atoms. The number of nitrogens with zero attached hydrogens (tertiary/aromatic N) is 2. The van der Waals surface area contributed by atoms with Crippen LogP contribution in [0.15, 0.2) is 104 Å². The van der Waals surface area contributed by atoms with Crippen LogP contribution in [0.25, 0.3) is 10.8 Å². The summed E-state index contributed by atoms with van der Waals surface area (Å²) in [7, 11) is 0. The molecule has 8 nitrogen and oxygen atoms in total. The Bertz CT molecular complexity index is 1590. The van der Waals surface area contributed by atoms with E-state index in [4.69, 9.17) is 9.47 Å². The highest BCUT2D eigenvalue weighted by molar-refractivity contribution is 6.01. The molecule has 8 heteroatoms. The van der Waals surface area contributed by atoms with Gasteiger partial charge in [0, 0.05) is 24.7 Å². The van der Waals surface area contributed by atoms with Gasteiger partial charge in [-0.25, -0.2) is 9.78 Å². The maximum Gasteiger partial charge on any atom is 0.337 e. The van der Waals surface area contributed by atoms with Gasteiger partial charge in [-0.2, -0.15) is 0 Å². The molecule has 0 aliphatic carbocycles. The zero-order valence-electron chi connectivity index (χ0n) is 20.2. The van der Waals surface area contributed by atoms with Gasteiger partial charge in [0.05, 0.1) is 17.7 Å². The molecule has 0 radical (unpaired) electrons. The van der Waals surface area contributed by atoms with Gasteiger partial charge < -0.3 is 19.9 Å². The molecule has 5 rings (SSSR count). The molecule has 2 heterocycles. The number of rotatable bonds is 9. The number of aromatic carboxylic acids is 1. The van der Waals surface area contributed by atoms with Gasteiger partial charge in [-0.1, -0.05) is 30.3 Å². The van der Waals surface area contributed by atoms with Crippen LogP contribution in [-0.4, -0.2) is 27.0 Å². The average Bonchev–Trinajstić information content (AvgIpc) is 2.93. The van der Waals surface area contributed by atoms with Crippen molar-refractivity contribution >= 4 is 28.3 Å². The lowest BCUT2D eigenvalue weighted by Gasteiger charge is -2.10. The number of benzene rings is 3. The van der Waals surface area contributed by atoms with E-state index in [-0.39, 0.29) is 23.6 Å². The van der Waals surface area contributed by atoms with E-state index in [1.54, 1.807) is 48.9 Å². The van der Waals surface area contributed by atoms with Crippen LogP contribution in [0.2, 0.25) is 0 Å². The summed E-state index contributed by atoms with van der Waals surface area (Å²) in [6, 6.07) is 25.1. The van der Waals surface area contributed by atoms with Crippen LogP contribution in [0.3, 0.4) is 0 Å². The van der Waals surface area contributed by atoms with Gasteiger partial charge in [0.2, 0.25) is 11.8 Å². The SMILES string of the molecule is O=C(Cc1ccc(Oc2ccc3ccc(OCc4ccncc4)cc3c2)nc1)Nc1ccccc1C(=O)O. The molecule has 0 saturated carbocycles. The van der Waals surface area contributed by atoms with Gasteiger partial charge in [0.1, 0.15) is 18.1 Å². The quantitative estimate of drug-likeness (QED) is 0.257. The number of carboxylic acids is 1. The predicted octanol–water partition coefficient (Wildman–Crippen LogP) is 5.88. The minimum atomic E-state index is -1.11. The molecule has 0 unspecified atom stereocenters. The van der Waals surface area contributed by atoms with E-state index < -0.39 is 5.97 Å². The number of para-hydroxylation sites is 1. The van der Waals surface area contributed by atoms with E-state index in [9.17, 15) is 14.7 Å². The Morgan fingerprint density at radius 3 is 2.34 bits per heavy atom. The van der Waals surface area contributed by atoms with Crippen molar-refractivity contribution in [2.75, 3.05) is 5.32 Å². The van der Waals surface area contributed by atoms with Crippen molar-refractivity contribution in [2.45, 2.75) is 13.0 Å². The molecule has 0 saturated heterocycles. The lowest BCUT2D eigenvalue weighted by molar-refractivity contribution is -0.115. The van der Waals surface area contributed by atoms with Gasteiger partial charge in [-0.15, -0.1) is 0 Å². The Morgan fingerprint density at radius 1 is 0.816 bits per heavy atom. The minimum Gasteiger partial charge on any atom is -0.489 e. The smallest absolute Gasteiger partial charge is 0.337 e. The third-order valence-electron chi connectivity index (χ3n) is 5.75. The summed E-state index contributed by atoms with van der Waals surface area (Å²) in [5.74, 6) is 0.303. The molecule has 0 aliphatic heterocycles. The van der Waals surface area contributed by atoms with E-state index >= 15 is 0 Å². The molecule has 188 valence electrons. The lowest BCUT2D eigenvalue weighted by Crippen LogP contribution is -2.16. The molecular formula is C30H23N3O5. The highest BCUT2D eigenvalue weighted by Crippen LogP contribution is 2.28. The topological polar surface area (TPSA) is 111 Å². The van der Waals surface area contributed by atoms with Crippen molar-refractivity contribution in [1.82, 2.24) is 9.97 Å². The third-order valence-corrected chi connectivity index (χ3v) is 5.75. The van der Waals surface area contributed by atoms with Crippen LogP contribution >= 0.6 is 0 Å². The zero-order chi connectivity index (χ0) is 26.3. The average molecular weight is 506 g/mol. The Labute approximate surface area is 218 Å². The maximum absolute atomic E-state index is 12.4. The van der Waals surface area contributed by atoms with Gasteiger partial charge in [0.15, 0.2) is 0 Å². The summed E-state index contributed by atoms with van der Waals surface area (Å²) in [6.45, 7) is 0.449. The molecule has 0 aliphatic rings. The lowest BCUT2D eigenvalue weighted by atomic mass is 10.1. The van der Waals surface area contributed by atoms with Crippen LogP contribution in [0, 0.1) is 0 Å². The summed E-state index contributed by atoms with van der Waals surface area (Å²) in [6.07, 6.45) is 5.07. The molecule has 1 amide bonds. The van der Waals surface area contributed by atoms with E-state index in [0.29, 0.717) is 23.8 Å². The standard InChI is InChI=1S/C30H23N3O5/c34-28(33-27-4-2-1-3-26(27)30(35)36)15-21-5-10-29(32-18-21)38-25-9-7-22-6-8-24(16-23(22)17-25)37-19-20-11-13-31-14-12-20/h1-14,16-18H,15,19H2,(H,33,34)(H,35,36). The van der Waals surface area contributed by atoms with Crippen molar-refractivity contribution in [3.8, 4) is 17.4 Å². The summed E-state index contributed by atoms with van der Waals surface area (Å²) >= 11 is 0. The van der Waals surface area contributed by atoms with Crippen LogP contribution < -0.4 is 14.8 Å². The second-order valence-electron chi connectivity index (χ2n) is 8.50. The number of nitrogens with one attached hydrogen (secondary N) is 1. The van der Waals surface area contributed by atoms with Gasteiger partial charge in [-0.3, -0.25) is 9.78 Å².